The second kappa shape index (κ2) is 6.89. The van der Waals surface area contributed by atoms with Crippen molar-refractivity contribution in [2.45, 2.75) is 31.0 Å². The van der Waals surface area contributed by atoms with Gasteiger partial charge in [0, 0.05) is 7.11 Å². The summed E-state index contributed by atoms with van der Waals surface area (Å²) in [6.45, 7) is -0.102. The molecule has 1 saturated heterocycles. The molecule has 0 aliphatic carbocycles. The Morgan fingerprint density at radius 1 is 1.44 bits per heavy atom. The topological polar surface area (TPSA) is 77.5 Å². The minimum Gasteiger partial charge on any atom is -0.438 e. The SMILES string of the molecule is COC(=O)O[C@H]1[C@H](OC)O[C@H](CO)C[C@@H]1N(C)C. The molecule has 0 aromatic carbocycles. The first-order chi connectivity index (χ1) is 8.53. The molecule has 1 aliphatic rings. The maximum Gasteiger partial charge on any atom is 0.508 e. The Morgan fingerprint density at radius 2 is 2.11 bits per heavy atom. The van der Waals surface area contributed by atoms with Gasteiger partial charge in [-0.15, -0.1) is 0 Å². The lowest BCUT2D eigenvalue weighted by Crippen LogP contribution is -2.56. The summed E-state index contributed by atoms with van der Waals surface area (Å²) in [4.78, 5) is 13.1. The number of rotatable bonds is 4. The van der Waals surface area contributed by atoms with Gasteiger partial charge in [-0.1, -0.05) is 0 Å². The van der Waals surface area contributed by atoms with E-state index in [-0.39, 0.29) is 18.8 Å². The van der Waals surface area contributed by atoms with Crippen molar-refractivity contribution in [3.05, 3.63) is 0 Å². The lowest BCUT2D eigenvalue weighted by molar-refractivity contribution is -0.253. The Balaban J connectivity index is 2.81. The molecule has 1 fully saturated rings. The van der Waals surface area contributed by atoms with Gasteiger partial charge in [0.25, 0.3) is 0 Å². The number of carbonyl (C=O) groups is 1. The molecule has 7 heteroatoms. The standard InChI is InChI=1S/C11H21NO6/c1-12(2)8-5-7(6-13)17-10(15-3)9(8)18-11(14)16-4/h7-10,13H,5-6H2,1-4H3/t7-,8-,9+,10+/m0/s1. The Kier molecular flexibility index (Phi) is 5.80. The van der Waals surface area contributed by atoms with Gasteiger partial charge in [0.2, 0.25) is 0 Å². The number of carbonyl (C=O) groups excluding carboxylic acids is 1. The number of methoxy groups -OCH3 is 2. The highest BCUT2D eigenvalue weighted by Crippen LogP contribution is 2.26. The van der Waals surface area contributed by atoms with Gasteiger partial charge in [0.15, 0.2) is 12.4 Å². The molecular weight excluding hydrogens is 242 g/mol. The maximum atomic E-state index is 11.2. The summed E-state index contributed by atoms with van der Waals surface area (Å²) in [7, 11) is 6.44. The van der Waals surface area contributed by atoms with Crippen molar-refractivity contribution < 1.29 is 28.8 Å². The second-order valence-corrected chi connectivity index (χ2v) is 4.35. The summed E-state index contributed by atoms with van der Waals surface area (Å²) in [6, 6.07) is -0.111. The highest BCUT2D eigenvalue weighted by atomic mass is 16.8. The van der Waals surface area contributed by atoms with E-state index in [0.717, 1.165) is 0 Å². The average molecular weight is 263 g/mol. The maximum absolute atomic E-state index is 11.2. The summed E-state index contributed by atoms with van der Waals surface area (Å²) in [5.74, 6) is 0. The first-order valence-corrected chi connectivity index (χ1v) is 5.73. The normalized spacial score (nSPS) is 32.3. The third-order valence-corrected chi connectivity index (χ3v) is 2.98. The summed E-state index contributed by atoms with van der Waals surface area (Å²) < 4.78 is 20.3. The Labute approximate surface area is 107 Å². The van der Waals surface area contributed by atoms with Gasteiger partial charge in [-0.3, -0.25) is 0 Å². The van der Waals surface area contributed by atoms with Gasteiger partial charge < -0.3 is 29.0 Å². The molecule has 1 heterocycles. The van der Waals surface area contributed by atoms with Gasteiger partial charge in [-0.05, 0) is 20.5 Å². The smallest absolute Gasteiger partial charge is 0.438 e. The predicted octanol–water partition coefficient (Wildman–Crippen LogP) is -0.178. The molecule has 106 valence electrons. The molecule has 0 saturated carbocycles. The van der Waals surface area contributed by atoms with Crippen molar-refractivity contribution in [3.8, 4) is 0 Å². The van der Waals surface area contributed by atoms with E-state index in [1.807, 2.05) is 19.0 Å². The Morgan fingerprint density at radius 3 is 2.56 bits per heavy atom. The van der Waals surface area contributed by atoms with E-state index in [0.29, 0.717) is 6.42 Å². The summed E-state index contributed by atoms with van der Waals surface area (Å²) in [5.41, 5.74) is 0. The van der Waals surface area contributed by atoms with Gasteiger partial charge in [0.05, 0.1) is 25.9 Å². The fraction of sp³-hybridized carbons (Fsp3) is 0.909. The van der Waals surface area contributed by atoms with E-state index in [2.05, 4.69) is 4.74 Å². The van der Waals surface area contributed by atoms with E-state index in [1.54, 1.807) is 0 Å². The van der Waals surface area contributed by atoms with Crippen LogP contribution in [-0.4, -0.2) is 75.6 Å². The van der Waals surface area contributed by atoms with E-state index in [1.165, 1.54) is 14.2 Å². The molecule has 0 amide bonds. The van der Waals surface area contributed by atoms with E-state index < -0.39 is 18.5 Å². The number of aliphatic hydroxyl groups excluding tert-OH is 1. The lowest BCUT2D eigenvalue weighted by atomic mass is 9.98. The predicted molar refractivity (Wildman–Crippen MR) is 62.1 cm³/mol. The number of nitrogens with zero attached hydrogens (tertiary/aromatic N) is 1. The summed E-state index contributed by atoms with van der Waals surface area (Å²) in [5, 5.41) is 9.19. The molecule has 0 aromatic heterocycles. The molecule has 0 aromatic rings. The first-order valence-electron chi connectivity index (χ1n) is 5.73. The monoisotopic (exact) mass is 263 g/mol. The van der Waals surface area contributed by atoms with Crippen molar-refractivity contribution in [2.75, 3.05) is 34.9 Å². The number of aliphatic hydroxyl groups is 1. The summed E-state index contributed by atoms with van der Waals surface area (Å²) in [6.07, 6.45) is -1.88. The van der Waals surface area contributed by atoms with Crippen LogP contribution in [0.1, 0.15) is 6.42 Å². The molecule has 0 bridgehead atoms. The molecule has 1 aliphatic heterocycles. The van der Waals surface area contributed by atoms with Crippen LogP contribution in [0.3, 0.4) is 0 Å². The number of hydrogen-bond acceptors (Lipinski definition) is 7. The van der Waals surface area contributed by atoms with Crippen molar-refractivity contribution in [1.29, 1.82) is 0 Å². The van der Waals surface area contributed by atoms with Crippen LogP contribution in [0.2, 0.25) is 0 Å². The van der Waals surface area contributed by atoms with Gasteiger partial charge in [0.1, 0.15) is 0 Å². The molecular formula is C11H21NO6. The van der Waals surface area contributed by atoms with Crippen molar-refractivity contribution >= 4 is 6.16 Å². The fourth-order valence-corrected chi connectivity index (χ4v) is 2.01. The van der Waals surface area contributed by atoms with Crippen molar-refractivity contribution in [1.82, 2.24) is 4.90 Å². The van der Waals surface area contributed by atoms with Gasteiger partial charge in [-0.25, -0.2) is 4.79 Å². The van der Waals surface area contributed by atoms with Crippen LogP contribution in [-0.2, 0) is 18.9 Å². The minimum atomic E-state index is -0.778. The van der Waals surface area contributed by atoms with E-state index in [4.69, 9.17) is 14.2 Å². The zero-order valence-corrected chi connectivity index (χ0v) is 11.2. The van der Waals surface area contributed by atoms with Crippen molar-refractivity contribution in [3.63, 3.8) is 0 Å². The molecule has 0 unspecified atom stereocenters. The molecule has 0 spiro atoms. The lowest BCUT2D eigenvalue weighted by Gasteiger charge is -2.42. The third kappa shape index (κ3) is 3.55. The van der Waals surface area contributed by atoms with Gasteiger partial charge in [-0.2, -0.15) is 0 Å². The minimum absolute atomic E-state index is 0.102. The van der Waals surface area contributed by atoms with Crippen LogP contribution in [0.5, 0.6) is 0 Å². The Hall–Kier alpha value is -0.890. The van der Waals surface area contributed by atoms with Crippen LogP contribution >= 0.6 is 0 Å². The fourth-order valence-electron chi connectivity index (χ4n) is 2.01. The second-order valence-electron chi connectivity index (χ2n) is 4.35. The van der Waals surface area contributed by atoms with E-state index >= 15 is 0 Å². The number of likely N-dealkylation sites (N-methyl/N-ethyl adjacent to an activating group) is 1. The molecule has 0 radical (unpaired) electrons. The quantitative estimate of drug-likeness (QED) is 0.705. The van der Waals surface area contributed by atoms with Crippen LogP contribution in [0.15, 0.2) is 0 Å². The summed E-state index contributed by atoms with van der Waals surface area (Å²) >= 11 is 0. The zero-order valence-electron chi connectivity index (χ0n) is 11.2. The van der Waals surface area contributed by atoms with E-state index in [9.17, 15) is 9.90 Å². The number of ether oxygens (including phenoxy) is 4. The molecule has 7 nitrogen and oxygen atoms in total. The first kappa shape index (κ1) is 15.2. The number of hydrogen-bond donors (Lipinski definition) is 1. The van der Waals surface area contributed by atoms with Crippen LogP contribution in [0.25, 0.3) is 0 Å². The molecule has 1 N–H and O–H groups in total. The highest BCUT2D eigenvalue weighted by Gasteiger charge is 2.42. The highest BCUT2D eigenvalue weighted by molar-refractivity contribution is 5.60. The van der Waals surface area contributed by atoms with Crippen LogP contribution < -0.4 is 0 Å². The Bertz CT molecular complexity index is 272. The molecule has 4 atom stereocenters. The zero-order chi connectivity index (χ0) is 13.7. The average Bonchev–Trinajstić information content (AvgIpc) is 2.38. The van der Waals surface area contributed by atoms with Crippen LogP contribution in [0.4, 0.5) is 4.79 Å². The van der Waals surface area contributed by atoms with Crippen molar-refractivity contribution in [2.24, 2.45) is 0 Å². The van der Waals surface area contributed by atoms with Gasteiger partial charge >= 0.3 is 6.16 Å². The molecule has 18 heavy (non-hydrogen) atoms. The van der Waals surface area contributed by atoms with Crippen LogP contribution in [0, 0.1) is 0 Å². The molecule has 1 rings (SSSR count). The largest absolute Gasteiger partial charge is 0.508 e. The third-order valence-electron chi connectivity index (χ3n) is 2.98.